The van der Waals surface area contributed by atoms with Gasteiger partial charge in [-0.3, -0.25) is 14.4 Å². The first kappa shape index (κ1) is 51.9. The van der Waals surface area contributed by atoms with E-state index in [1.165, 1.54) is 32.6 Å². The van der Waals surface area contributed by atoms with E-state index in [0.717, 1.165) is 12.5 Å². The lowest BCUT2D eigenvalue weighted by Gasteiger charge is -2.26. The Kier molecular flexibility index (Phi) is 14.9. The summed E-state index contributed by atoms with van der Waals surface area (Å²) in [4.78, 5) is 56.8. The standard InChI is InChI=1S/C53H53F3N8O10S/c1-29(2)46(52(68)64-26-34(65)20-43(64)51(67)61-73-35-14-12-30(13-15-35)36-10-6-7-11-40(36)55)44-22-45(60-74-44)72-17-9-5-8-16-57-50(66)37-21-42-38(18-31(37)28-75(4,70)71)39-27-62(3)53(69)48-47(39)32(23-58-48)25-63(42)49-41(56)19-33(54)24-59-49/h6-7,10-15,18-19,21-24,27,29,34,43,46,58,65H,5,8-9,16-17,20,25-26,28H2,1-4H3,(H,57,66)(H,61,67)/p+1/t34-,43+,46?/m1/s1. The molecule has 7 aromatic rings. The molecule has 392 valence electrons. The first-order chi connectivity index (χ1) is 35.8. The van der Waals surface area contributed by atoms with Crippen LogP contribution in [-0.2, 0) is 34.0 Å². The van der Waals surface area contributed by atoms with Crippen LogP contribution >= 0.6 is 0 Å². The molecule has 3 atom stereocenters. The highest BCUT2D eigenvalue weighted by molar-refractivity contribution is 7.89. The van der Waals surface area contributed by atoms with Crippen LogP contribution in [-0.4, -0.2) is 99.0 Å². The summed E-state index contributed by atoms with van der Waals surface area (Å²) in [5, 5.41) is 31.6. The number of β-amino-alcohol motifs (C(OH)–C–C–N with tert-alkyl or cyclic N) is 1. The molecule has 1 unspecified atom stereocenters. The monoisotopic (exact) mass is 1050 g/mol. The number of amides is 2. The minimum Gasteiger partial charge on any atom is -0.476 e. The number of hydrogen-bond donors (Lipinski definition) is 5. The Morgan fingerprint density at radius 2 is 1.77 bits per heavy atom. The number of unbranched alkanes of at least 4 members (excludes halogenated alkanes) is 2. The van der Waals surface area contributed by atoms with Crippen LogP contribution in [0.15, 0.2) is 101 Å². The predicted molar refractivity (Wildman–Crippen MR) is 270 cm³/mol. The molecule has 0 spiro atoms. The van der Waals surface area contributed by atoms with Gasteiger partial charge in [0.15, 0.2) is 33.3 Å². The number of aromatic amines is 1. The largest absolute Gasteiger partial charge is 0.476 e. The van der Waals surface area contributed by atoms with Crippen molar-refractivity contribution in [3.8, 4) is 33.9 Å². The number of anilines is 2. The van der Waals surface area contributed by atoms with Gasteiger partial charge in [0.05, 0.1) is 36.9 Å². The van der Waals surface area contributed by atoms with E-state index in [9.17, 15) is 41.8 Å². The minimum absolute atomic E-state index is 0.0165. The van der Waals surface area contributed by atoms with Crippen molar-refractivity contribution in [3.05, 3.63) is 142 Å². The van der Waals surface area contributed by atoms with Gasteiger partial charge < -0.3 is 44.1 Å². The van der Waals surface area contributed by atoms with Crippen LogP contribution in [0.4, 0.5) is 24.7 Å². The van der Waals surface area contributed by atoms with Crippen molar-refractivity contribution in [1.82, 2.24) is 29.9 Å². The summed E-state index contributed by atoms with van der Waals surface area (Å²) < 4.78 is 82.5. The van der Waals surface area contributed by atoms with Crippen molar-refractivity contribution in [2.24, 2.45) is 13.0 Å². The Hall–Kier alpha value is -7.98. The van der Waals surface area contributed by atoms with Crippen molar-refractivity contribution in [1.29, 1.82) is 0 Å². The number of pyridine rings is 2. The first-order valence-corrected chi connectivity index (χ1v) is 26.2. The normalized spacial score (nSPS) is 16.0. The predicted octanol–water partition coefficient (Wildman–Crippen LogP) is 5.91. The molecule has 5 N–H and O–H groups in total. The highest BCUT2D eigenvalue weighted by Gasteiger charge is 2.45. The van der Waals surface area contributed by atoms with Crippen LogP contribution < -0.4 is 30.5 Å². The number of hydrogen-bond acceptors (Lipinski definition) is 12. The molecule has 0 saturated carbocycles. The third-order valence-electron chi connectivity index (χ3n) is 13.2. The number of H-pyrrole nitrogens is 1. The molecular weight excluding hydrogens is 998 g/mol. The van der Waals surface area contributed by atoms with E-state index < -0.39 is 63.0 Å². The van der Waals surface area contributed by atoms with Crippen LogP contribution in [0.25, 0.3) is 33.2 Å². The van der Waals surface area contributed by atoms with Gasteiger partial charge in [-0.25, -0.2) is 31.4 Å². The summed E-state index contributed by atoms with van der Waals surface area (Å²) in [6.07, 6.45) is 5.82. The number of aliphatic hydroxyl groups is 2. The van der Waals surface area contributed by atoms with E-state index in [2.05, 4.69) is 25.6 Å². The Morgan fingerprint density at radius 1 is 1.00 bits per heavy atom. The maximum atomic E-state index is 15.6. The van der Waals surface area contributed by atoms with Crippen LogP contribution in [0.1, 0.15) is 72.7 Å². The van der Waals surface area contributed by atoms with Crippen molar-refractivity contribution in [3.63, 3.8) is 0 Å². The summed E-state index contributed by atoms with van der Waals surface area (Å²) in [7, 11) is -2.14. The molecule has 6 heterocycles. The number of nitrogens with zero attached hydrogens (tertiary/aromatic N) is 5. The molecule has 2 aliphatic rings. The van der Waals surface area contributed by atoms with Gasteiger partial charge in [-0.1, -0.05) is 44.2 Å². The Bertz CT molecular complexity index is 3510. The van der Waals surface area contributed by atoms with Gasteiger partial charge in [-0.2, -0.15) is 0 Å². The maximum absolute atomic E-state index is 15.6. The quantitative estimate of drug-likeness (QED) is 0.0291. The number of halogens is 3. The second-order valence-corrected chi connectivity index (χ2v) is 21.2. The fourth-order valence-corrected chi connectivity index (χ4v) is 10.5. The van der Waals surface area contributed by atoms with Crippen LogP contribution in [0.3, 0.4) is 0 Å². The second-order valence-electron chi connectivity index (χ2n) is 19.1. The molecule has 4 aromatic heterocycles. The molecule has 0 radical (unpaired) electrons. The van der Waals surface area contributed by atoms with E-state index in [0.29, 0.717) is 64.3 Å². The molecule has 0 bridgehead atoms. The zero-order valence-electron chi connectivity index (χ0n) is 41.3. The molecule has 2 aliphatic heterocycles. The SMILES string of the molecule is CC(C)C(C(=O)N1C[C@H](O)C[C@H]1C(O)=[NH+]Oc1ccc(-c2ccccc2F)cc1)c1cc(OCCCCCNC(=O)c2cc3c(cc2CS(C)(=O)=O)-c2cn(C)c(=O)c4[nH]cc(c24)CN3c2ncc(F)cc2F)no1. The molecule has 1 saturated heterocycles. The third-order valence-corrected chi connectivity index (χ3v) is 14.1. The fourth-order valence-electron chi connectivity index (χ4n) is 9.67. The number of carbonyl (C=O) groups is 2. The van der Waals surface area contributed by atoms with E-state index in [1.807, 2.05) is 13.8 Å². The number of sulfone groups is 1. The molecule has 2 amide bonds. The number of aliphatic hydroxyl groups excluding tert-OH is 2. The molecule has 75 heavy (non-hydrogen) atoms. The number of ether oxygens (including phenoxy) is 1. The lowest BCUT2D eigenvalue weighted by Crippen LogP contribution is -2.79. The summed E-state index contributed by atoms with van der Waals surface area (Å²) in [6, 6.07) is 17.2. The van der Waals surface area contributed by atoms with Crippen molar-refractivity contribution in [2.45, 2.75) is 69.9 Å². The first-order valence-electron chi connectivity index (χ1n) is 24.2. The molecule has 1 fully saturated rings. The molecule has 0 aliphatic carbocycles. The summed E-state index contributed by atoms with van der Waals surface area (Å²) in [6.45, 7) is 3.95. The van der Waals surface area contributed by atoms with Crippen molar-refractivity contribution < 1.29 is 60.6 Å². The highest BCUT2D eigenvalue weighted by atomic mass is 32.2. The number of fused-ring (bicyclic) bond motifs is 2. The Morgan fingerprint density at radius 3 is 2.51 bits per heavy atom. The fraction of sp³-hybridized carbons (Fsp3) is 0.321. The zero-order chi connectivity index (χ0) is 53.3. The minimum atomic E-state index is -3.71. The van der Waals surface area contributed by atoms with Crippen LogP contribution in [0.5, 0.6) is 11.6 Å². The molecule has 18 nitrogen and oxygen atoms in total. The number of likely N-dealkylation sites (tertiary alicyclic amines) is 1. The van der Waals surface area contributed by atoms with E-state index in [-0.39, 0.29) is 89.7 Å². The average molecular weight is 1050 g/mol. The Labute approximate surface area is 428 Å². The number of nitrogens with one attached hydrogen (secondary N) is 3. The summed E-state index contributed by atoms with van der Waals surface area (Å²) >= 11 is 0. The van der Waals surface area contributed by atoms with E-state index in [1.54, 1.807) is 68.0 Å². The summed E-state index contributed by atoms with van der Waals surface area (Å²) in [5.41, 5.74) is 2.98. The maximum Gasteiger partial charge on any atom is 0.403 e. The molecule has 22 heteroatoms. The lowest BCUT2D eigenvalue weighted by atomic mass is 9.91. The van der Waals surface area contributed by atoms with E-state index >= 15 is 4.39 Å². The van der Waals surface area contributed by atoms with Crippen LogP contribution in [0.2, 0.25) is 0 Å². The third kappa shape index (κ3) is 11.1. The van der Waals surface area contributed by atoms with Gasteiger partial charge in [0.1, 0.15) is 23.1 Å². The van der Waals surface area contributed by atoms with Gasteiger partial charge in [0.25, 0.3) is 17.3 Å². The second kappa shape index (κ2) is 21.5. The van der Waals surface area contributed by atoms with Gasteiger partial charge in [-0.05, 0) is 77.4 Å². The number of aryl methyl sites for hydroxylation is 1. The number of aromatic nitrogens is 4. The van der Waals surface area contributed by atoms with Crippen LogP contribution in [0, 0.1) is 23.4 Å². The molecule has 3 aromatic carbocycles. The van der Waals surface area contributed by atoms with Gasteiger partial charge in [0.2, 0.25) is 11.7 Å². The van der Waals surface area contributed by atoms with Gasteiger partial charge in [0, 0.05) is 90.1 Å². The lowest BCUT2D eigenvalue weighted by molar-refractivity contribution is -0.710. The smallest absolute Gasteiger partial charge is 0.403 e. The zero-order valence-corrected chi connectivity index (χ0v) is 42.1. The van der Waals surface area contributed by atoms with Crippen molar-refractivity contribution >= 4 is 50.0 Å². The molecular formula is C53H54F3N8O10S+. The summed E-state index contributed by atoms with van der Waals surface area (Å²) in [5.74, 6) is -4.90. The van der Waals surface area contributed by atoms with Crippen molar-refractivity contribution in [2.75, 3.05) is 30.9 Å². The van der Waals surface area contributed by atoms with Gasteiger partial charge >= 0.3 is 5.90 Å². The number of rotatable bonds is 18. The van der Waals surface area contributed by atoms with Gasteiger partial charge in [-0.15, -0.1) is 0 Å². The van der Waals surface area contributed by atoms with E-state index in [4.69, 9.17) is 14.1 Å². The highest BCUT2D eigenvalue weighted by Crippen LogP contribution is 2.45. The average Bonchev–Trinajstić information content (AvgIpc) is 4.11. The Balaban J connectivity index is 0.824. The molecule has 9 rings (SSSR count). The number of carbonyl (C=O) groups excluding carboxylic acids is 2. The topological polar surface area (TPSA) is 236 Å². The number of benzene rings is 3.